The van der Waals surface area contributed by atoms with Crippen molar-refractivity contribution < 1.29 is 23.9 Å². The zero-order valence-electron chi connectivity index (χ0n) is 17.8. The Kier molecular flexibility index (Phi) is 5.35. The van der Waals surface area contributed by atoms with E-state index in [0.29, 0.717) is 30.6 Å². The highest BCUT2D eigenvalue weighted by molar-refractivity contribution is 6.35. The largest absolute Gasteiger partial charge is 0.469 e. The number of hydrogen-bond donors (Lipinski definition) is 0. The fourth-order valence-electron chi connectivity index (χ4n) is 4.27. The van der Waals surface area contributed by atoms with Crippen molar-refractivity contribution in [2.45, 2.75) is 26.7 Å². The molecule has 1 unspecified atom stereocenters. The van der Waals surface area contributed by atoms with Gasteiger partial charge in [0.25, 0.3) is 17.7 Å². The van der Waals surface area contributed by atoms with Gasteiger partial charge in [-0.15, -0.1) is 0 Å². The Bertz CT molecular complexity index is 1110. The molecule has 160 valence electrons. The van der Waals surface area contributed by atoms with Gasteiger partial charge < -0.3 is 9.64 Å². The van der Waals surface area contributed by atoms with E-state index < -0.39 is 11.8 Å². The van der Waals surface area contributed by atoms with E-state index in [9.17, 15) is 19.2 Å². The van der Waals surface area contributed by atoms with Crippen LogP contribution in [0.25, 0.3) is 0 Å². The second kappa shape index (κ2) is 7.98. The maximum Gasteiger partial charge on any atom is 0.310 e. The molecule has 2 aromatic rings. The van der Waals surface area contributed by atoms with E-state index in [1.165, 1.54) is 24.1 Å². The molecule has 1 fully saturated rings. The molecule has 7 heteroatoms. The Hall–Kier alpha value is -3.48. The van der Waals surface area contributed by atoms with Crippen molar-refractivity contribution in [1.29, 1.82) is 0 Å². The zero-order valence-corrected chi connectivity index (χ0v) is 17.8. The molecule has 2 aliphatic heterocycles. The molecular formula is C24H24N2O5. The summed E-state index contributed by atoms with van der Waals surface area (Å²) in [5.74, 6) is -1.76. The molecule has 0 aromatic heterocycles. The molecule has 31 heavy (non-hydrogen) atoms. The van der Waals surface area contributed by atoms with Crippen LogP contribution in [0.3, 0.4) is 0 Å². The molecule has 2 heterocycles. The zero-order chi connectivity index (χ0) is 22.3. The first-order valence-electron chi connectivity index (χ1n) is 10.3. The van der Waals surface area contributed by atoms with Crippen molar-refractivity contribution in [3.8, 4) is 0 Å². The molecule has 1 saturated heterocycles. The van der Waals surface area contributed by atoms with E-state index in [-0.39, 0.29) is 35.5 Å². The predicted molar refractivity (Wildman–Crippen MR) is 114 cm³/mol. The van der Waals surface area contributed by atoms with Crippen LogP contribution in [0.1, 0.15) is 55.0 Å². The van der Waals surface area contributed by atoms with E-state index in [1.807, 2.05) is 26.0 Å². The van der Waals surface area contributed by atoms with Crippen LogP contribution in [0.5, 0.6) is 0 Å². The quantitative estimate of drug-likeness (QED) is 0.563. The number of aryl methyl sites for hydroxylation is 1. The topological polar surface area (TPSA) is 84.0 Å². The van der Waals surface area contributed by atoms with Crippen LogP contribution >= 0.6 is 0 Å². The number of methoxy groups -OCH3 is 1. The predicted octanol–water partition coefficient (Wildman–Crippen LogP) is 3.13. The third-order valence-corrected chi connectivity index (χ3v) is 6.19. The van der Waals surface area contributed by atoms with Crippen molar-refractivity contribution in [2.75, 3.05) is 25.1 Å². The number of imide groups is 1. The molecule has 0 saturated carbocycles. The van der Waals surface area contributed by atoms with Crippen molar-refractivity contribution >= 4 is 29.4 Å². The minimum absolute atomic E-state index is 0.221. The summed E-state index contributed by atoms with van der Waals surface area (Å²) >= 11 is 0. The summed E-state index contributed by atoms with van der Waals surface area (Å²) < 4.78 is 4.82. The number of fused-ring (bicyclic) bond motifs is 1. The van der Waals surface area contributed by atoms with Crippen LogP contribution in [0.15, 0.2) is 36.4 Å². The van der Waals surface area contributed by atoms with Crippen molar-refractivity contribution in [3.05, 3.63) is 64.2 Å². The summed E-state index contributed by atoms with van der Waals surface area (Å²) in [5.41, 5.74) is 3.22. The molecule has 0 bridgehead atoms. The van der Waals surface area contributed by atoms with Crippen molar-refractivity contribution in [1.82, 2.24) is 4.90 Å². The highest BCUT2D eigenvalue weighted by atomic mass is 16.5. The van der Waals surface area contributed by atoms with E-state index in [2.05, 4.69) is 0 Å². The van der Waals surface area contributed by atoms with E-state index in [4.69, 9.17) is 4.74 Å². The lowest BCUT2D eigenvalue weighted by Gasteiger charge is -2.31. The third kappa shape index (κ3) is 3.50. The van der Waals surface area contributed by atoms with Gasteiger partial charge in [-0.25, -0.2) is 4.90 Å². The maximum absolute atomic E-state index is 13.1. The number of carbonyl (C=O) groups is 4. The van der Waals surface area contributed by atoms with Gasteiger partial charge in [-0.05, 0) is 62.1 Å². The van der Waals surface area contributed by atoms with Crippen molar-refractivity contribution in [2.24, 2.45) is 5.92 Å². The first-order valence-corrected chi connectivity index (χ1v) is 10.3. The molecule has 7 nitrogen and oxygen atoms in total. The van der Waals surface area contributed by atoms with E-state index >= 15 is 0 Å². The van der Waals surface area contributed by atoms with E-state index in [0.717, 1.165) is 11.1 Å². The number of amides is 3. The maximum atomic E-state index is 13.1. The normalized spacial score (nSPS) is 18.2. The summed E-state index contributed by atoms with van der Waals surface area (Å²) in [7, 11) is 1.34. The van der Waals surface area contributed by atoms with E-state index in [1.54, 1.807) is 17.0 Å². The van der Waals surface area contributed by atoms with Gasteiger partial charge in [0.15, 0.2) is 0 Å². The van der Waals surface area contributed by atoms with Crippen LogP contribution in [0.2, 0.25) is 0 Å². The van der Waals surface area contributed by atoms with Crippen LogP contribution in [0.4, 0.5) is 5.69 Å². The molecule has 0 radical (unpaired) electrons. The standard InChI is InChI=1S/C24H24N2O5/c1-14-6-4-8-20(15(14)2)26-22(28)18-10-9-16(12-19(18)23(26)29)21(27)25-11-5-7-17(13-25)24(30)31-3/h4,6,8-10,12,17H,5,7,11,13H2,1-3H3. The highest BCUT2D eigenvalue weighted by Gasteiger charge is 2.38. The van der Waals surface area contributed by atoms with Crippen molar-refractivity contribution in [3.63, 3.8) is 0 Å². The summed E-state index contributed by atoms with van der Waals surface area (Å²) in [6.07, 6.45) is 1.38. The fraction of sp³-hybridized carbons (Fsp3) is 0.333. The molecule has 4 rings (SSSR count). The molecule has 2 aromatic carbocycles. The number of anilines is 1. The number of ether oxygens (including phenoxy) is 1. The Morgan fingerprint density at radius 3 is 2.52 bits per heavy atom. The second-order valence-corrected chi connectivity index (χ2v) is 8.04. The molecular weight excluding hydrogens is 396 g/mol. The average molecular weight is 420 g/mol. The first-order chi connectivity index (χ1) is 14.8. The minimum atomic E-state index is -0.436. The fourth-order valence-corrected chi connectivity index (χ4v) is 4.27. The SMILES string of the molecule is COC(=O)C1CCCN(C(=O)c2ccc3c(c2)C(=O)N(c2cccc(C)c2C)C3=O)C1. The lowest BCUT2D eigenvalue weighted by atomic mass is 9.97. The average Bonchev–Trinajstić information content (AvgIpc) is 3.04. The van der Waals surface area contributed by atoms with Gasteiger partial charge in [0.2, 0.25) is 0 Å². The summed E-state index contributed by atoms with van der Waals surface area (Å²) in [6.45, 7) is 4.61. The van der Waals surface area contributed by atoms with Crippen LogP contribution in [0, 0.1) is 19.8 Å². The molecule has 0 spiro atoms. The lowest BCUT2D eigenvalue weighted by Crippen LogP contribution is -2.42. The van der Waals surface area contributed by atoms with Gasteiger partial charge in [0, 0.05) is 18.7 Å². The lowest BCUT2D eigenvalue weighted by molar-refractivity contribution is -0.146. The monoisotopic (exact) mass is 420 g/mol. The smallest absolute Gasteiger partial charge is 0.310 e. The highest BCUT2D eigenvalue weighted by Crippen LogP contribution is 2.32. The Morgan fingerprint density at radius 2 is 1.77 bits per heavy atom. The second-order valence-electron chi connectivity index (χ2n) is 8.04. The number of carbonyl (C=O) groups excluding carboxylic acids is 4. The minimum Gasteiger partial charge on any atom is -0.469 e. The van der Waals surface area contributed by atoms with Gasteiger partial charge >= 0.3 is 5.97 Å². The number of nitrogens with zero attached hydrogens (tertiary/aromatic N) is 2. The molecule has 0 aliphatic carbocycles. The van der Waals surface area contributed by atoms with Crippen LogP contribution < -0.4 is 4.90 Å². The van der Waals surface area contributed by atoms with Gasteiger partial charge in [-0.3, -0.25) is 19.2 Å². The van der Waals surface area contributed by atoms with Gasteiger partial charge in [0.1, 0.15) is 0 Å². The van der Waals surface area contributed by atoms with Gasteiger partial charge in [0.05, 0.1) is 29.8 Å². The number of rotatable bonds is 3. The summed E-state index contributed by atoms with van der Waals surface area (Å²) in [5, 5.41) is 0. The van der Waals surface area contributed by atoms with Crippen LogP contribution in [-0.2, 0) is 9.53 Å². The molecule has 3 amide bonds. The van der Waals surface area contributed by atoms with Gasteiger partial charge in [-0.1, -0.05) is 12.1 Å². The molecule has 1 atom stereocenters. The molecule has 0 N–H and O–H groups in total. The summed E-state index contributed by atoms with van der Waals surface area (Å²) in [6, 6.07) is 10.1. The molecule has 2 aliphatic rings. The number of piperidine rings is 1. The number of likely N-dealkylation sites (tertiary alicyclic amines) is 1. The summed E-state index contributed by atoms with van der Waals surface area (Å²) in [4.78, 5) is 53.8. The number of esters is 1. The first kappa shape index (κ1) is 20.8. The van der Waals surface area contributed by atoms with Gasteiger partial charge in [-0.2, -0.15) is 0 Å². The Balaban J connectivity index is 1.62. The third-order valence-electron chi connectivity index (χ3n) is 6.19. The van der Waals surface area contributed by atoms with Crippen LogP contribution in [-0.4, -0.2) is 48.8 Å². The Labute approximate surface area is 180 Å². The number of hydrogen-bond acceptors (Lipinski definition) is 5. The Morgan fingerprint density at radius 1 is 1.03 bits per heavy atom. The number of benzene rings is 2.